The molecule has 0 aliphatic rings. The Hall–Kier alpha value is -0.290. The summed E-state index contributed by atoms with van der Waals surface area (Å²) in [5.74, 6) is 1.17. The first-order valence-electron chi connectivity index (χ1n) is 5.63. The standard InChI is InChI=1S/C13H17NS3/c1-10(8-15-2)14-7-12-6-11(9-17-12)13-4-3-5-16-13/h3-6,9-10,14H,7-8H2,1-2H3. The molecule has 1 N–H and O–H groups in total. The maximum absolute atomic E-state index is 3.55. The Labute approximate surface area is 115 Å². The van der Waals surface area contributed by atoms with Crippen molar-refractivity contribution in [2.75, 3.05) is 12.0 Å². The lowest BCUT2D eigenvalue weighted by molar-refractivity contribution is 0.601. The van der Waals surface area contributed by atoms with Crippen LogP contribution in [0.1, 0.15) is 11.8 Å². The van der Waals surface area contributed by atoms with Gasteiger partial charge in [-0.25, -0.2) is 0 Å². The molecule has 2 aromatic heterocycles. The van der Waals surface area contributed by atoms with Crippen molar-refractivity contribution in [2.24, 2.45) is 0 Å². The van der Waals surface area contributed by atoms with Crippen LogP contribution in [0.2, 0.25) is 0 Å². The molecule has 2 rings (SSSR count). The lowest BCUT2D eigenvalue weighted by Gasteiger charge is -2.10. The summed E-state index contributed by atoms with van der Waals surface area (Å²) in [6.07, 6.45) is 2.15. The number of thioether (sulfide) groups is 1. The summed E-state index contributed by atoms with van der Waals surface area (Å²) in [6.45, 7) is 3.22. The Morgan fingerprint density at radius 2 is 2.29 bits per heavy atom. The zero-order chi connectivity index (χ0) is 12.1. The fourth-order valence-electron chi connectivity index (χ4n) is 1.63. The minimum atomic E-state index is 0.581. The van der Waals surface area contributed by atoms with Gasteiger partial charge in [0.1, 0.15) is 0 Å². The molecule has 0 saturated heterocycles. The van der Waals surface area contributed by atoms with Gasteiger partial charge in [0.15, 0.2) is 0 Å². The molecule has 92 valence electrons. The van der Waals surface area contributed by atoms with Crippen molar-refractivity contribution in [3.05, 3.63) is 33.8 Å². The van der Waals surface area contributed by atoms with Crippen LogP contribution in [0.25, 0.3) is 10.4 Å². The fraction of sp³-hybridized carbons (Fsp3) is 0.385. The second-order valence-electron chi connectivity index (χ2n) is 4.02. The highest BCUT2D eigenvalue weighted by atomic mass is 32.2. The van der Waals surface area contributed by atoms with Crippen molar-refractivity contribution in [2.45, 2.75) is 19.5 Å². The van der Waals surface area contributed by atoms with Crippen LogP contribution in [0.3, 0.4) is 0 Å². The Morgan fingerprint density at radius 3 is 3.00 bits per heavy atom. The van der Waals surface area contributed by atoms with Gasteiger partial charge in [-0.15, -0.1) is 22.7 Å². The average Bonchev–Trinajstić information content (AvgIpc) is 2.97. The summed E-state index contributed by atoms with van der Waals surface area (Å²) >= 11 is 5.54. The second-order valence-corrected chi connectivity index (χ2v) is 6.87. The number of rotatable bonds is 6. The van der Waals surface area contributed by atoms with Crippen molar-refractivity contribution in [3.8, 4) is 10.4 Å². The molecule has 2 heterocycles. The van der Waals surface area contributed by atoms with Gasteiger partial charge in [0, 0.05) is 33.7 Å². The maximum Gasteiger partial charge on any atom is 0.0351 e. The number of thiophene rings is 2. The highest BCUT2D eigenvalue weighted by molar-refractivity contribution is 7.98. The zero-order valence-electron chi connectivity index (χ0n) is 10.1. The molecule has 0 aliphatic heterocycles. The summed E-state index contributed by atoms with van der Waals surface area (Å²) in [4.78, 5) is 2.78. The van der Waals surface area contributed by atoms with Crippen molar-refractivity contribution in [1.82, 2.24) is 5.32 Å². The van der Waals surface area contributed by atoms with E-state index in [0.717, 1.165) is 6.54 Å². The van der Waals surface area contributed by atoms with Crippen molar-refractivity contribution < 1.29 is 0 Å². The molecular formula is C13H17NS3. The predicted molar refractivity (Wildman–Crippen MR) is 82.3 cm³/mol. The molecule has 0 aliphatic carbocycles. The van der Waals surface area contributed by atoms with Crippen molar-refractivity contribution in [1.29, 1.82) is 0 Å². The highest BCUT2D eigenvalue weighted by Crippen LogP contribution is 2.29. The lowest BCUT2D eigenvalue weighted by Crippen LogP contribution is -2.27. The molecule has 4 heteroatoms. The minimum absolute atomic E-state index is 0.581. The van der Waals surface area contributed by atoms with Gasteiger partial charge in [-0.3, -0.25) is 0 Å². The van der Waals surface area contributed by atoms with Gasteiger partial charge in [-0.05, 0) is 36.1 Å². The highest BCUT2D eigenvalue weighted by Gasteiger charge is 2.05. The van der Waals surface area contributed by atoms with E-state index in [4.69, 9.17) is 0 Å². The normalized spacial score (nSPS) is 12.8. The Morgan fingerprint density at radius 1 is 1.41 bits per heavy atom. The first-order chi connectivity index (χ1) is 8.29. The first-order valence-corrected chi connectivity index (χ1v) is 8.78. The van der Waals surface area contributed by atoms with E-state index in [2.05, 4.69) is 47.5 Å². The maximum atomic E-state index is 3.55. The molecule has 17 heavy (non-hydrogen) atoms. The SMILES string of the molecule is CSCC(C)NCc1cc(-c2cccs2)cs1. The molecule has 0 saturated carbocycles. The molecular weight excluding hydrogens is 266 g/mol. The van der Waals surface area contributed by atoms with Gasteiger partial charge in [0.2, 0.25) is 0 Å². The molecule has 1 atom stereocenters. The quantitative estimate of drug-likeness (QED) is 0.847. The van der Waals surface area contributed by atoms with E-state index in [0.29, 0.717) is 6.04 Å². The van der Waals surface area contributed by atoms with Crippen LogP contribution >= 0.6 is 34.4 Å². The smallest absolute Gasteiger partial charge is 0.0351 e. The molecule has 0 aromatic carbocycles. The topological polar surface area (TPSA) is 12.0 Å². The van der Waals surface area contributed by atoms with Gasteiger partial charge in [0.05, 0.1) is 0 Å². The number of nitrogens with one attached hydrogen (secondary N) is 1. The van der Waals surface area contributed by atoms with Crippen LogP contribution in [-0.4, -0.2) is 18.1 Å². The Balaban J connectivity index is 1.91. The molecule has 0 bridgehead atoms. The average molecular weight is 283 g/mol. The molecule has 0 fully saturated rings. The van der Waals surface area contributed by atoms with Gasteiger partial charge in [-0.2, -0.15) is 11.8 Å². The number of hydrogen-bond acceptors (Lipinski definition) is 4. The van der Waals surface area contributed by atoms with Crippen LogP contribution in [0.5, 0.6) is 0 Å². The summed E-state index contributed by atoms with van der Waals surface area (Å²) in [5.41, 5.74) is 1.36. The van der Waals surface area contributed by atoms with Crippen LogP contribution in [0, 0.1) is 0 Å². The van der Waals surface area contributed by atoms with Crippen LogP contribution in [0.15, 0.2) is 29.0 Å². The van der Waals surface area contributed by atoms with E-state index in [1.54, 1.807) is 11.3 Å². The summed E-state index contributed by atoms with van der Waals surface area (Å²) < 4.78 is 0. The Kier molecular flexibility index (Phi) is 5.10. The molecule has 1 nitrogen and oxygen atoms in total. The lowest BCUT2D eigenvalue weighted by atomic mass is 10.2. The first kappa shape index (κ1) is 13.1. The molecule has 0 amide bonds. The summed E-state index contributed by atoms with van der Waals surface area (Å²) in [5, 5.41) is 7.93. The number of hydrogen-bond donors (Lipinski definition) is 1. The second kappa shape index (κ2) is 6.59. The molecule has 0 spiro atoms. The van der Waals surface area contributed by atoms with Gasteiger partial charge < -0.3 is 5.32 Å². The van der Waals surface area contributed by atoms with Crippen LogP contribution in [0.4, 0.5) is 0 Å². The van der Waals surface area contributed by atoms with E-state index in [9.17, 15) is 0 Å². The van der Waals surface area contributed by atoms with Gasteiger partial charge >= 0.3 is 0 Å². The molecule has 0 radical (unpaired) electrons. The van der Waals surface area contributed by atoms with Crippen LogP contribution in [-0.2, 0) is 6.54 Å². The minimum Gasteiger partial charge on any atom is -0.309 e. The monoisotopic (exact) mass is 283 g/mol. The predicted octanol–water partition coefficient (Wildman–Crippen LogP) is 4.32. The van der Waals surface area contributed by atoms with Gasteiger partial charge in [0.25, 0.3) is 0 Å². The molecule has 1 unspecified atom stereocenters. The van der Waals surface area contributed by atoms with Gasteiger partial charge in [-0.1, -0.05) is 6.07 Å². The fourth-order valence-corrected chi connectivity index (χ4v) is 3.87. The molecule has 2 aromatic rings. The van der Waals surface area contributed by atoms with Crippen molar-refractivity contribution >= 4 is 34.4 Å². The third-order valence-corrected chi connectivity index (χ3v) is 5.19. The van der Waals surface area contributed by atoms with E-state index < -0.39 is 0 Å². The van der Waals surface area contributed by atoms with E-state index >= 15 is 0 Å². The van der Waals surface area contributed by atoms with Crippen LogP contribution < -0.4 is 5.32 Å². The Bertz CT molecular complexity index is 433. The van der Waals surface area contributed by atoms with Crippen molar-refractivity contribution in [3.63, 3.8) is 0 Å². The van der Waals surface area contributed by atoms with E-state index in [1.807, 2.05) is 23.1 Å². The summed E-state index contributed by atoms with van der Waals surface area (Å²) in [7, 11) is 0. The summed E-state index contributed by atoms with van der Waals surface area (Å²) in [6, 6.07) is 7.17. The third kappa shape index (κ3) is 3.85. The largest absolute Gasteiger partial charge is 0.309 e. The third-order valence-electron chi connectivity index (χ3n) is 2.50. The van der Waals surface area contributed by atoms with E-state index in [-0.39, 0.29) is 0 Å². The van der Waals surface area contributed by atoms with E-state index in [1.165, 1.54) is 21.1 Å². The zero-order valence-corrected chi connectivity index (χ0v) is 12.6.